The van der Waals surface area contributed by atoms with Crippen LogP contribution in [0.4, 0.5) is 0 Å². The van der Waals surface area contributed by atoms with Crippen molar-refractivity contribution in [1.82, 2.24) is 0 Å². The molecule has 0 aliphatic heterocycles. The number of rotatable bonds is 3. The van der Waals surface area contributed by atoms with Crippen molar-refractivity contribution in [1.29, 1.82) is 0 Å². The molecule has 0 bridgehead atoms. The van der Waals surface area contributed by atoms with Crippen molar-refractivity contribution in [3.8, 4) is 5.75 Å². The number of halogens is 1. The molecule has 16 heavy (non-hydrogen) atoms. The van der Waals surface area contributed by atoms with Crippen LogP contribution in [0.2, 0.25) is 0 Å². The molecular weight excluding hydrogens is 248 g/mol. The highest BCUT2D eigenvalue weighted by Gasteiger charge is 2.20. The van der Waals surface area contributed by atoms with Crippen molar-refractivity contribution in [2.75, 3.05) is 7.11 Å². The fourth-order valence-electron chi connectivity index (χ4n) is 2.23. The fraction of sp³-hybridized carbons (Fsp3) is 0.455. The third-order valence-electron chi connectivity index (χ3n) is 2.84. The fourth-order valence-corrected chi connectivity index (χ4v) is 3.19. The largest absolute Gasteiger partial charge is 0.496 e. The lowest BCUT2D eigenvalue weighted by Gasteiger charge is -2.12. The Morgan fingerprint density at radius 2 is 2.12 bits per heavy atom. The van der Waals surface area contributed by atoms with E-state index in [2.05, 4.69) is 0 Å². The van der Waals surface area contributed by atoms with Gasteiger partial charge in [0.05, 0.1) is 12.9 Å². The molecule has 0 saturated heterocycles. The van der Waals surface area contributed by atoms with Gasteiger partial charge in [-0.2, -0.15) is 0 Å². The Morgan fingerprint density at radius 1 is 1.38 bits per heavy atom. The van der Waals surface area contributed by atoms with Crippen LogP contribution in [0.5, 0.6) is 5.75 Å². The predicted molar refractivity (Wildman–Crippen MR) is 63.5 cm³/mol. The monoisotopic (exact) mass is 260 g/mol. The number of ether oxygens (including phenoxy) is 1. The Bertz CT molecular complexity index is 508. The average Bonchev–Trinajstić information content (AvgIpc) is 2.62. The third kappa shape index (κ3) is 2.33. The van der Waals surface area contributed by atoms with E-state index < -0.39 is 9.05 Å². The standard InChI is InChI=1S/C11H13ClO3S/c1-15-11-9(7-16(12,13)14)6-5-8-3-2-4-10(8)11/h5-6H,2-4,7H2,1H3. The summed E-state index contributed by atoms with van der Waals surface area (Å²) in [5.74, 6) is 0.518. The van der Waals surface area contributed by atoms with Crippen LogP contribution in [0.1, 0.15) is 23.1 Å². The van der Waals surface area contributed by atoms with E-state index in [0.717, 1.165) is 24.8 Å². The molecule has 1 aromatic carbocycles. The zero-order valence-corrected chi connectivity index (χ0v) is 10.6. The van der Waals surface area contributed by atoms with Gasteiger partial charge >= 0.3 is 0 Å². The molecule has 0 N–H and O–H groups in total. The SMILES string of the molecule is COc1c(CS(=O)(=O)Cl)ccc2c1CCC2. The van der Waals surface area contributed by atoms with Gasteiger partial charge in [0.1, 0.15) is 5.75 Å². The number of benzene rings is 1. The second-order valence-electron chi connectivity index (χ2n) is 3.93. The molecule has 1 aliphatic rings. The summed E-state index contributed by atoms with van der Waals surface area (Å²) in [5.41, 5.74) is 3.05. The van der Waals surface area contributed by atoms with E-state index in [0.29, 0.717) is 11.3 Å². The van der Waals surface area contributed by atoms with Crippen LogP contribution in [-0.4, -0.2) is 15.5 Å². The molecule has 5 heteroatoms. The number of methoxy groups -OCH3 is 1. The first-order valence-electron chi connectivity index (χ1n) is 5.11. The predicted octanol–water partition coefficient (Wildman–Crippen LogP) is 2.25. The first-order chi connectivity index (χ1) is 7.51. The Kier molecular flexibility index (Phi) is 3.13. The Hall–Kier alpha value is -0.740. The van der Waals surface area contributed by atoms with Gasteiger partial charge in [-0.15, -0.1) is 0 Å². The summed E-state index contributed by atoms with van der Waals surface area (Å²) in [6.45, 7) is 0. The number of fused-ring (bicyclic) bond motifs is 1. The van der Waals surface area contributed by atoms with Crippen LogP contribution in [0.15, 0.2) is 12.1 Å². The van der Waals surface area contributed by atoms with E-state index in [1.807, 2.05) is 6.07 Å². The van der Waals surface area contributed by atoms with Crippen molar-refractivity contribution in [3.63, 3.8) is 0 Å². The number of aryl methyl sites for hydroxylation is 1. The second kappa shape index (κ2) is 4.26. The van der Waals surface area contributed by atoms with Crippen molar-refractivity contribution >= 4 is 19.7 Å². The topological polar surface area (TPSA) is 43.4 Å². The van der Waals surface area contributed by atoms with Gasteiger partial charge in [-0.1, -0.05) is 12.1 Å². The molecule has 0 spiro atoms. The van der Waals surface area contributed by atoms with Crippen molar-refractivity contribution in [3.05, 3.63) is 28.8 Å². The van der Waals surface area contributed by atoms with Gasteiger partial charge in [0.25, 0.3) is 0 Å². The summed E-state index contributed by atoms with van der Waals surface area (Å²) >= 11 is 0. The van der Waals surface area contributed by atoms with Gasteiger partial charge < -0.3 is 4.74 Å². The Morgan fingerprint density at radius 3 is 2.75 bits per heavy atom. The molecule has 0 saturated carbocycles. The summed E-state index contributed by atoms with van der Waals surface area (Å²) in [7, 11) is 3.30. The van der Waals surface area contributed by atoms with Crippen LogP contribution in [0.25, 0.3) is 0 Å². The van der Waals surface area contributed by atoms with Crippen LogP contribution in [0, 0.1) is 0 Å². The molecule has 3 nitrogen and oxygen atoms in total. The van der Waals surface area contributed by atoms with E-state index in [1.54, 1.807) is 13.2 Å². The first-order valence-corrected chi connectivity index (χ1v) is 7.59. The lowest BCUT2D eigenvalue weighted by Crippen LogP contribution is -2.01. The lowest BCUT2D eigenvalue weighted by atomic mass is 10.1. The van der Waals surface area contributed by atoms with Gasteiger partial charge in [0.2, 0.25) is 9.05 Å². The lowest BCUT2D eigenvalue weighted by molar-refractivity contribution is 0.406. The highest BCUT2D eigenvalue weighted by Crippen LogP contribution is 2.34. The molecule has 0 amide bonds. The molecule has 0 atom stereocenters. The van der Waals surface area contributed by atoms with E-state index in [-0.39, 0.29) is 5.75 Å². The van der Waals surface area contributed by atoms with E-state index >= 15 is 0 Å². The minimum Gasteiger partial charge on any atom is -0.496 e. The molecule has 88 valence electrons. The maximum absolute atomic E-state index is 11.1. The van der Waals surface area contributed by atoms with Gasteiger partial charge in [-0.25, -0.2) is 8.42 Å². The van der Waals surface area contributed by atoms with Crippen molar-refractivity contribution in [2.24, 2.45) is 0 Å². The van der Waals surface area contributed by atoms with Gasteiger partial charge in [-0.05, 0) is 30.4 Å². The molecule has 0 aromatic heterocycles. The molecule has 2 rings (SSSR count). The maximum Gasteiger partial charge on any atom is 0.236 e. The van der Waals surface area contributed by atoms with Crippen LogP contribution >= 0.6 is 10.7 Å². The minimum absolute atomic E-state index is 0.176. The first kappa shape index (κ1) is 11.7. The second-order valence-corrected chi connectivity index (χ2v) is 6.71. The van der Waals surface area contributed by atoms with E-state index in [4.69, 9.17) is 15.4 Å². The summed E-state index contributed by atoms with van der Waals surface area (Å²) in [6.07, 6.45) is 3.09. The van der Waals surface area contributed by atoms with E-state index in [1.165, 1.54) is 5.56 Å². The minimum atomic E-state index is -3.53. The normalized spacial score (nSPS) is 14.9. The smallest absolute Gasteiger partial charge is 0.236 e. The zero-order chi connectivity index (χ0) is 11.8. The maximum atomic E-state index is 11.1. The Balaban J connectivity index is 2.47. The number of hydrogen-bond donors (Lipinski definition) is 0. The third-order valence-corrected chi connectivity index (χ3v) is 3.83. The summed E-state index contributed by atoms with van der Waals surface area (Å²) in [4.78, 5) is 0. The van der Waals surface area contributed by atoms with Crippen LogP contribution < -0.4 is 4.74 Å². The van der Waals surface area contributed by atoms with Gasteiger partial charge in [-0.3, -0.25) is 0 Å². The molecule has 0 unspecified atom stereocenters. The van der Waals surface area contributed by atoms with Gasteiger partial charge in [0.15, 0.2) is 0 Å². The molecule has 1 aromatic rings. The summed E-state index contributed by atoms with van der Waals surface area (Å²) in [6, 6.07) is 3.77. The zero-order valence-electron chi connectivity index (χ0n) is 8.99. The summed E-state index contributed by atoms with van der Waals surface area (Å²) < 4.78 is 27.5. The Labute approximate surface area is 99.8 Å². The molecule has 0 heterocycles. The molecule has 1 aliphatic carbocycles. The number of hydrogen-bond acceptors (Lipinski definition) is 3. The highest BCUT2D eigenvalue weighted by molar-refractivity contribution is 8.13. The van der Waals surface area contributed by atoms with Crippen LogP contribution in [0.3, 0.4) is 0 Å². The molecule has 0 radical (unpaired) electrons. The molecule has 0 fully saturated rings. The van der Waals surface area contributed by atoms with E-state index in [9.17, 15) is 8.42 Å². The molecular formula is C11H13ClO3S. The highest BCUT2D eigenvalue weighted by atomic mass is 35.7. The quantitative estimate of drug-likeness (QED) is 0.783. The van der Waals surface area contributed by atoms with Gasteiger partial charge in [0, 0.05) is 16.2 Å². The van der Waals surface area contributed by atoms with Crippen molar-refractivity contribution < 1.29 is 13.2 Å². The van der Waals surface area contributed by atoms with Crippen LogP contribution in [-0.2, 0) is 27.6 Å². The summed E-state index contributed by atoms with van der Waals surface area (Å²) in [5, 5.41) is 0. The average molecular weight is 261 g/mol. The van der Waals surface area contributed by atoms with Crippen molar-refractivity contribution in [2.45, 2.75) is 25.0 Å².